The van der Waals surface area contributed by atoms with Crippen LogP contribution in [0.25, 0.3) is 0 Å². The Labute approximate surface area is 128 Å². The van der Waals surface area contributed by atoms with E-state index in [9.17, 15) is 4.79 Å². The highest BCUT2D eigenvalue weighted by atomic mass is 16.5. The van der Waals surface area contributed by atoms with E-state index in [1.165, 1.54) is 12.7 Å². The van der Waals surface area contributed by atoms with E-state index in [0.717, 1.165) is 26.1 Å². The van der Waals surface area contributed by atoms with Crippen molar-refractivity contribution in [2.75, 3.05) is 20.2 Å². The van der Waals surface area contributed by atoms with Crippen LogP contribution >= 0.6 is 0 Å². The number of nitrogens with zero attached hydrogens (tertiary/aromatic N) is 1. The molecule has 4 heteroatoms. The summed E-state index contributed by atoms with van der Waals surface area (Å²) in [5.41, 5.74) is 1.31. The van der Waals surface area contributed by atoms with E-state index in [4.69, 9.17) is 0 Å². The zero-order chi connectivity index (χ0) is 15.7. The van der Waals surface area contributed by atoms with Crippen LogP contribution in [-0.4, -0.2) is 37.2 Å². The maximum atomic E-state index is 11.3. The Hall–Kier alpha value is -1.55. The van der Waals surface area contributed by atoms with Gasteiger partial charge < -0.3 is 10.1 Å². The molecule has 21 heavy (non-hydrogen) atoms. The second-order valence-corrected chi connectivity index (χ2v) is 5.23. The molecule has 0 spiro atoms. The minimum Gasteiger partial charge on any atom is -0.453 e. The fourth-order valence-electron chi connectivity index (χ4n) is 2.52. The highest BCUT2D eigenvalue weighted by Crippen LogP contribution is 2.19. The number of alkyl carbamates (subject to hydrolysis) is 1. The molecule has 0 saturated carbocycles. The summed E-state index contributed by atoms with van der Waals surface area (Å²) in [4.78, 5) is 13.7. The molecule has 0 bridgehead atoms. The Balaban J connectivity index is 0.00000106. The van der Waals surface area contributed by atoms with Crippen molar-refractivity contribution < 1.29 is 9.53 Å². The van der Waals surface area contributed by atoms with Gasteiger partial charge in [0.2, 0.25) is 0 Å². The lowest BCUT2D eigenvalue weighted by Gasteiger charge is -2.37. The lowest BCUT2D eigenvalue weighted by atomic mass is 9.93. The topological polar surface area (TPSA) is 41.6 Å². The van der Waals surface area contributed by atoms with Gasteiger partial charge in [0, 0.05) is 19.1 Å². The standard InChI is InChI=1S/C15H22N2O2.C2H6/c1-12-8-9-17(10-13-6-4-3-5-7-13)11-14(12)16-15(18)19-2;1-2/h3-7,12,14H,8-11H2,1-2H3,(H,16,18);1-2H3. The zero-order valence-corrected chi connectivity index (χ0v) is 13.6. The van der Waals surface area contributed by atoms with E-state index in [-0.39, 0.29) is 12.1 Å². The minimum atomic E-state index is -0.335. The fraction of sp³-hybridized carbons (Fsp3) is 0.588. The lowest BCUT2D eigenvalue weighted by molar-refractivity contribution is 0.123. The van der Waals surface area contributed by atoms with Gasteiger partial charge in [0.25, 0.3) is 0 Å². The van der Waals surface area contributed by atoms with E-state index in [2.05, 4.69) is 46.1 Å². The molecule has 0 aromatic heterocycles. The van der Waals surface area contributed by atoms with Gasteiger partial charge in [-0.3, -0.25) is 4.90 Å². The average Bonchev–Trinajstić information content (AvgIpc) is 2.53. The van der Waals surface area contributed by atoms with Crippen LogP contribution in [0.3, 0.4) is 0 Å². The van der Waals surface area contributed by atoms with Crippen molar-refractivity contribution in [2.24, 2.45) is 5.92 Å². The summed E-state index contributed by atoms with van der Waals surface area (Å²) in [5, 5.41) is 2.93. The molecular weight excluding hydrogens is 264 g/mol. The highest BCUT2D eigenvalue weighted by molar-refractivity contribution is 5.67. The van der Waals surface area contributed by atoms with Gasteiger partial charge >= 0.3 is 6.09 Å². The summed E-state index contributed by atoms with van der Waals surface area (Å²) >= 11 is 0. The summed E-state index contributed by atoms with van der Waals surface area (Å²) in [7, 11) is 1.41. The largest absolute Gasteiger partial charge is 0.453 e. The van der Waals surface area contributed by atoms with Gasteiger partial charge in [0.05, 0.1) is 7.11 Å². The third-order valence-electron chi connectivity index (χ3n) is 3.78. The number of likely N-dealkylation sites (tertiary alicyclic amines) is 1. The summed E-state index contributed by atoms with van der Waals surface area (Å²) in [6.07, 6.45) is 0.764. The van der Waals surface area contributed by atoms with E-state index in [0.29, 0.717) is 5.92 Å². The molecule has 1 N–H and O–H groups in total. The number of carbonyl (C=O) groups excluding carboxylic acids is 1. The van der Waals surface area contributed by atoms with Gasteiger partial charge in [-0.25, -0.2) is 4.79 Å². The highest BCUT2D eigenvalue weighted by Gasteiger charge is 2.27. The van der Waals surface area contributed by atoms with Crippen molar-refractivity contribution in [1.29, 1.82) is 0 Å². The molecule has 1 fully saturated rings. The van der Waals surface area contributed by atoms with Crippen LogP contribution in [0, 0.1) is 5.92 Å². The van der Waals surface area contributed by atoms with Crippen LogP contribution in [0.15, 0.2) is 30.3 Å². The predicted octanol–water partition coefficient (Wildman–Crippen LogP) is 3.28. The summed E-state index contributed by atoms with van der Waals surface area (Å²) in [6.45, 7) is 9.08. The van der Waals surface area contributed by atoms with Gasteiger partial charge in [-0.2, -0.15) is 0 Å². The van der Waals surface area contributed by atoms with Crippen molar-refractivity contribution in [2.45, 2.75) is 39.8 Å². The van der Waals surface area contributed by atoms with Crippen molar-refractivity contribution in [3.8, 4) is 0 Å². The third-order valence-corrected chi connectivity index (χ3v) is 3.78. The van der Waals surface area contributed by atoms with E-state index >= 15 is 0 Å². The second kappa shape index (κ2) is 9.40. The van der Waals surface area contributed by atoms with Gasteiger partial charge in [-0.05, 0) is 24.4 Å². The molecule has 1 aromatic rings. The van der Waals surface area contributed by atoms with Crippen LogP contribution in [0.1, 0.15) is 32.8 Å². The number of amides is 1. The van der Waals surface area contributed by atoms with E-state index in [1.54, 1.807) is 0 Å². The molecular formula is C17H28N2O2. The van der Waals surface area contributed by atoms with Crippen molar-refractivity contribution >= 4 is 6.09 Å². The number of benzene rings is 1. The van der Waals surface area contributed by atoms with Gasteiger partial charge in [0.15, 0.2) is 0 Å². The first-order valence-corrected chi connectivity index (χ1v) is 7.80. The number of hydrogen-bond donors (Lipinski definition) is 1. The second-order valence-electron chi connectivity index (χ2n) is 5.23. The number of rotatable bonds is 3. The van der Waals surface area contributed by atoms with Gasteiger partial charge in [-0.15, -0.1) is 0 Å². The van der Waals surface area contributed by atoms with Crippen LogP contribution in [0.4, 0.5) is 4.79 Å². The molecule has 0 radical (unpaired) electrons. The molecule has 1 aromatic carbocycles. The van der Waals surface area contributed by atoms with Crippen molar-refractivity contribution in [3.05, 3.63) is 35.9 Å². The molecule has 2 atom stereocenters. The van der Waals surface area contributed by atoms with Crippen molar-refractivity contribution in [1.82, 2.24) is 10.2 Å². The molecule has 2 rings (SSSR count). The maximum Gasteiger partial charge on any atom is 0.407 e. The number of carbonyl (C=O) groups is 1. The van der Waals surface area contributed by atoms with Crippen LogP contribution in [-0.2, 0) is 11.3 Å². The summed E-state index contributed by atoms with van der Waals surface area (Å²) in [5.74, 6) is 0.492. The maximum absolute atomic E-state index is 11.3. The van der Waals surface area contributed by atoms with E-state index < -0.39 is 0 Å². The SMILES string of the molecule is CC.COC(=O)NC1CN(Cc2ccccc2)CCC1C. The summed E-state index contributed by atoms with van der Waals surface area (Å²) < 4.78 is 4.69. The molecule has 4 nitrogen and oxygen atoms in total. The lowest BCUT2D eigenvalue weighted by Crippen LogP contribution is -2.51. The molecule has 1 amide bonds. The quantitative estimate of drug-likeness (QED) is 0.929. The zero-order valence-electron chi connectivity index (χ0n) is 13.6. The molecule has 0 aliphatic carbocycles. The number of piperidine rings is 1. The molecule has 1 heterocycles. The summed E-state index contributed by atoms with van der Waals surface area (Å²) in [6, 6.07) is 10.6. The van der Waals surface area contributed by atoms with Crippen molar-refractivity contribution in [3.63, 3.8) is 0 Å². The molecule has 2 unspecified atom stereocenters. The molecule has 1 aliphatic rings. The first-order chi connectivity index (χ1) is 10.2. The number of hydrogen-bond acceptors (Lipinski definition) is 3. The van der Waals surface area contributed by atoms with Gasteiger partial charge in [0.1, 0.15) is 0 Å². The Morgan fingerprint density at radius 2 is 2.00 bits per heavy atom. The average molecular weight is 292 g/mol. The Kier molecular flexibility index (Phi) is 7.83. The molecule has 1 aliphatic heterocycles. The number of methoxy groups -OCH3 is 1. The van der Waals surface area contributed by atoms with Crippen LogP contribution < -0.4 is 5.32 Å². The van der Waals surface area contributed by atoms with E-state index in [1.807, 2.05) is 19.9 Å². The minimum absolute atomic E-state index is 0.171. The predicted molar refractivity (Wildman–Crippen MR) is 86.2 cm³/mol. The molecule has 1 saturated heterocycles. The van der Waals surface area contributed by atoms with Crippen LogP contribution in [0.5, 0.6) is 0 Å². The monoisotopic (exact) mass is 292 g/mol. The Bertz CT molecular complexity index is 409. The fourth-order valence-corrected chi connectivity index (χ4v) is 2.52. The smallest absolute Gasteiger partial charge is 0.407 e. The Morgan fingerprint density at radius 3 is 2.62 bits per heavy atom. The Morgan fingerprint density at radius 1 is 1.33 bits per heavy atom. The third kappa shape index (κ3) is 5.76. The first-order valence-electron chi connectivity index (χ1n) is 7.80. The number of ether oxygens (including phenoxy) is 1. The number of nitrogens with one attached hydrogen (secondary N) is 1. The van der Waals surface area contributed by atoms with Crippen LogP contribution in [0.2, 0.25) is 0 Å². The van der Waals surface area contributed by atoms with Gasteiger partial charge in [-0.1, -0.05) is 51.1 Å². The molecule has 118 valence electrons. The normalized spacial score (nSPS) is 21.9. The first kappa shape index (κ1) is 17.5.